The molecule has 1 aliphatic heterocycles. The highest BCUT2D eigenvalue weighted by Gasteiger charge is 2.31. The molecule has 0 bridgehead atoms. The molecule has 1 fully saturated rings. The summed E-state index contributed by atoms with van der Waals surface area (Å²) in [7, 11) is 0. The molecule has 5 nitrogen and oxygen atoms in total. The summed E-state index contributed by atoms with van der Waals surface area (Å²) in [6, 6.07) is 10.3. The molecule has 1 aromatic heterocycles. The van der Waals surface area contributed by atoms with E-state index in [0.717, 1.165) is 26.1 Å². The molecule has 1 N–H and O–H groups in total. The number of amides is 1. The number of carbonyl (C=O) groups is 1. The quantitative estimate of drug-likeness (QED) is 0.941. The summed E-state index contributed by atoms with van der Waals surface area (Å²) < 4.78 is 1.72. The van der Waals surface area contributed by atoms with Crippen LogP contribution in [-0.4, -0.2) is 40.2 Å². The molecule has 0 spiro atoms. The van der Waals surface area contributed by atoms with Gasteiger partial charge in [0.25, 0.3) is 0 Å². The van der Waals surface area contributed by atoms with Crippen molar-refractivity contribution >= 4 is 5.91 Å². The zero-order valence-corrected chi connectivity index (χ0v) is 13.8. The molecule has 5 heteroatoms. The third kappa shape index (κ3) is 3.29. The lowest BCUT2D eigenvalue weighted by atomic mass is 10.00. The van der Waals surface area contributed by atoms with E-state index in [0.29, 0.717) is 0 Å². The van der Waals surface area contributed by atoms with Crippen LogP contribution in [0.2, 0.25) is 0 Å². The number of nitrogens with one attached hydrogen (secondary N) is 1. The number of hydrogen-bond donors (Lipinski definition) is 1. The number of aromatic nitrogens is 2. The first-order chi connectivity index (χ1) is 11.2. The van der Waals surface area contributed by atoms with Gasteiger partial charge < -0.3 is 10.2 Å². The Morgan fingerprint density at radius 3 is 2.83 bits per heavy atom. The zero-order chi connectivity index (χ0) is 16.2. The minimum absolute atomic E-state index is 0.0835. The Labute approximate surface area is 137 Å². The van der Waals surface area contributed by atoms with Gasteiger partial charge in [0, 0.05) is 32.0 Å². The SMILES string of the molecule is CCc1ccc(C2CNCCN2C(=O)C(C)n2cccn2)cc1. The van der Waals surface area contributed by atoms with Crippen LogP contribution >= 0.6 is 0 Å². The first-order valence-electron chi connectivity index (χ1n) is 8.30. The van der Waals surface area contributed by atoms with Gasteiger partial charge in [0.15, 0.2) is 0 Å². The van der Waals surface area contributed by atoms with Gasteiger partial charge in [0.1, 0.15) is 6.04 Å². The molecule has 1 aliphatic rings. The van der Waals surface area contributed by atoms with E-state index in [-0.39, 0.29) is 18.0 Å². The van der Waals surface area contributed by atoms with Crippen molar-refractivity contribution in [2.45, 2.75) is 32.4 Å². The van der Waals surface area contributed by atoms with E-state index < -0.39 is 0 Å². The van der Waals surface area contributed by atoms with Crippen LogP contribution in [0.4, 0.5) is 0 Å². The number of aryl methyl sites for hydroxylation is 1. The fraction of sp³-hybridized carbons (Fsp3) is 0.444. The highest BCUT2D eigenvalue weighted by Crippen LogP contribution is 2.25. The van der Waals surface area contributed by atoms with Crippen molar-refractivity contribution in [2.75, 3.05) is 19.6 Å². The Kier molecular flexibility index (Phi) is 4.76. The molecule has 0 radical (unpaired) electrons. The first-order valence-corrected chi connectivity index (χ1v) is 8.30. The third-order valence-corrected chi connectivity index (χ3v) is 4.58. The van der Waals surface area contributed by atoms with E-state index in [1.165, 1.54) is 11.1 Å². The van der Waals surface area contributed by atoms with E-state index >= 15 is 0 Å². The van der Waals surface area contributed by atoms with Gasteiger partial charge in [-0.15, -0.1) is 0 Å². The van der Waals surface area contributed by atoms with E-state index in [1.807, 2.05) is 24.1 Å². The standard InChI is InChI=1S/C18H24N4O/c1-3-15-5-7-16(8-6-15)17-13-19-10-12-21(17)18(23)14(2)22-11-4-9-20-22/h4-9,11,14,17,19H,3,10,12-13H2,1-2H3. The van der Waals surface area contributed by atoms with Crippen molar-refractivity contribution in [1.82, 2.24) is 20.0 Å². The van der Waals surface area contributed by atoms with E-state index in [4.69, 9.17) is 0 Å². The maximum atomic E-state index is 12.9. The lowest BCUT2D eigenvalue weighted by molar-refractivity contribution is -0.138. The van der Waals surface area contributed by atoms with Gasteiger partial charge in [0.2, 0.25) is 5.91 Å². The second-order valence-electron chi connectivity index (χ2n) is 6.01. The van der Waals surface area contributed by atoms with Crippen LogP contribution in [0.15, 0.2) is 42.7 Å². The van der Waals surface area contributed by atoms with Gasteiger partial charge in [-0.1, -0.05) is 31.2 Å². The van der Waals surface area contributed by atoms with Gasteiger partial charge in [0.05, 0.1) is 6.04 Å². The van der Waals surface area contributed by atoms with Crippen molar-refractivity contribution < 1.29 is 4.79 Å². The topological polar surface area (TPSA) is 50.2 Å². The summed E-state index contributed by atoms with van der Waals surface area (Å²) in [5.41, 5.74) is 2.51. The predicted octanol–water partition coefficient (Wildman–Crippen LogP) is 2.18. The molecule has 122 valence electrons. The van der Waals surface area contributed by atoms with Crippen molar-refractivity contribution in [3.05, 3.63) is 53.9 Å². The minimum Gasteiger partial charge on any atom is -0.331 e. The Bertz CT molecular complexity index is 636. The van der Waals surface area contributed by atoms with Gasteiger partial charge in [-0.05, 0) is 30.5 Å². The van der Waals surface area contributed by atoms with Crippen molar-refractivity contribution in [3.63, 3.8) is 0 Å². The highest BCUT2D eigenvalue weighted by molar-refractivity contribution is 5.80. The Balaban J connectivity index is 1.81. The van der Waals surface area contributed by atoms with Crippen LogP contribution < -0.4 is 5.32 Å². The van der Waals surface area contributed by atoms with Gasteiger partial charge >= 0.3 is 0 Å². The molecule has 3 rings (SSSR count). The molecule has 0 saturated carbocycles. The number of benzene rings is 1. The van der Waals surface area contributed by atoms with Gasteiger partial charge in [-0.2, -0.15) is 5.10 Å². The van der Waals surface area contributed by atoms with Crippen molar-refractivity contribution in [3.8, 4) is 0 Å². The van der Waals surface area contributed by atoms with Crippen LogP contribution in [0, 0.1) is 0 Å². The molecule has 1 saturated heterocycles. The fourth-order valence-electron chi connectivity index (χ4n) is 3.10. The lowest BCUT2D eigenvalue weighted by Crippen LogP contribution is -2.50. The van der Waals surface area contributed by atoms with Crippen LogP contribution in [-0.2, 0) is 11.2 Å². The van der Waals surface area contributed by atoms with Crippen molar-refractivity contribution in [2.24, 2.45) is 0 Å². The third-order valence-electron chi connectivity index (χ3n) is 4.58. The molecular weight excluding hydrogens is 288 g/mol. The number of hydrogen-bond acceptors (Lipinski definition) is 3. The Morgan fingerprint density at radius 2 is 2.17 bits per heavy atom. The first kappa shape index (κ1) is 15.7. The van der Waals surface area contributed by atoms with Crippen molar-refractivity contribution in [1.29, 1.82) is 0 Å². The normalized spacial score (nSPS) is 19.6. The monoisotopic (exact) mass is 312 g/mol. The number of carbonyl (C=O) groups excluding carboxylic acids is 1. The average molecular weight is 312 g/mol. The highest BCUT2D eigenvalue weighted by atomic mass is 16.2. The second-order valence-corrected chi connectivity index (χ2v) is 6.01. The van der Waals surface area contributed by atoms with E-state index in [2.05, 4.69) is 41.6 Å². The molecule has 2 heterocycles. The molecule has 2 atom stereocenters. The van der Waals surface area contributed by atoms with Gasteiger partial charge in [-0.25, -0.2) is 0 Å². The summed E-state index contributed by atoms with van der Waals surface area (Å²) in [5, 5.41) is 7.61. The molecule has 23 heavy (non-hydrogen) atoms. The summed E-state index contributed by atoms with van der Waals surface area (Å²) in [5.74, 6) is 0.125. The molecule has 1 amide bonds. The van der Waals surface area contributed by atoms with E-state index in [1.54, 1.807) is 10.9 Å². The molecular formula is C18H24N4O. The van der Waals surface area contributed by atoms with Crippen LogP contribution in [0.1, 0.15) is 37.1 Å². The molecule has 2 aromatic rings. The summed E-state index contributed by atoms with van der Waals surface area (Å²) in [4.78, 5) is 14.9. The fourth-order valence-corrected chi connectivity index (χ4v) is 3.10. The molecule has 2 unspecified atom stereocenters. The summed E-state index contributed by atoms with van der Waals surface area (Å²) in [6.07, 6.45) is 4.58. The maximum absolute atomic E-state index is 12.9. The smallest absolute Gasteiger partial charge is 0.247 e. The number of nitrogens with zero attached hydrogens (tertiary/aromatic N) is 3. The number of piperazine rings is 1. The number of rotatable bonds is 4. The second kappa shape index (κ2) is 6.96. The predicted molar refractivity (Wildman–Crippen MR) is 90.1 cm³/mol. The summed E-state index contributed by atoms with van der Waals surface area (Å²) in [6.45, 7) is 6.42. The zero-order valence-electron chi connectivity index (χ0n) is 13.8. The largest absolute Gasteiger partial charge is 0.331 e. The van der Waals surface area contributed by atoms with E-state index in [9.17, 15) is 4.79 Å². The molecule has 1 aromatic carbocycles. The minimum atomic E-state index is -0.277. The van der Waals surface area contributed by atoms with Crippen LogP contribution in [0.5, 0.6) is 0 Å². The Morgan fingerprint density at radius 1 is 1.39 bits per heavy atom. The maximum Gasteiger partial charge on any atom is 0.247 e. The lowest BCUT2D eigenvalue weighted by Gasteiger charge is -2.38. The summed E-state index contributed by atoms with van der Waals surface area (Å²) >= 11 is 0. The van der Waals surface area contributed by atoms with Crippen LogP contribution in [0.25, 0.3) is 0 Å². The van der Waals surface area contributed by atoms with Crippen LogP contribution in [0.3, 0.4) is 0 Å². The van der Waals surface area contributed by atoms with Gasteiger partial charge in [-0.3, -0.25) is 9.48 Å². The molecule has 0 aliphatic carbocycles. The Hall–Kier alpha value is -2.14. The average Bonchev–Trinajstić information content (AvgIpc) is 3.15.